The third-order valence-electron chi connectivity index (χ3n) is 7.38. The Balaban J connectivity index is 0.000000168. The van der Waals surface area contributed by atoms with E-state index in [0.717, 1.165) is 41.0 Å². The van der Waals surface area contributed by atoms with Crippen LogP contribution in [0.2, 0.25) is 0 Å². The van der Waals surface area contributed by atoms with E-state index in [1.165, 1.54) is 17.2 Å². The summed E-state index contributed by atoms with van der Waals surface area (Å²) in [5.74, 6) is 0.0845. The first-order chi connectivity index (χ1) is 20.3. The molecule has 0 aromatic heterocycles. The van der Waals surface area contributed by atoms with Crippen LogP contribution in [0.1, 0.15) is 33.9 Å². The Morgan fingerprint density at radius 3 is 2.52 bits per heavy atom. The normalized spacial score (nSPS) is 15.5. The Morgan fingerprint density at radius 1 is 0.952 bits per heavy atom. The van der Waals surface area contributed by atoms with Crippen LogP contribution in [0, 0.1) is 6.92 Å². The molecule has 42 heavy (non-hydrogen) atoms. The number of hydrogen-bond donors (Lipinski definition) is 6. The lowest BCUT2D eigenvalue weighted by Gasteiger charge is -2.36. The second kappa shape index (κ2) is 12.9. The van der Waals surface area contributed by atoms with Crippen LogP contribution < -0.4 is 16.0 Å². The number of carbonyl (C=O) groups excluding carboxylic acids is 1. The van der Waals surface area contributed by atoms with E-state index in [1.54, 1.807) is 18.2 Å². The van der Waals surface area contributed by atoms with Gasteiger partial charge in [0.2, 0.25) is 5.91 Å². The molecule has 0 spiro atoms. The average Bonchev–Trinajstić information content (AvgIpc) is 3.12. The Hall–Kier alpha value is -4.60. The van der Waals surface area contributed by atoms with Crippen molar-refractivity contribution in [1.82, 2.24) is 10.2 Å². The van der Waals surface area contributed by atoms with E-state index < -0.39 is 0 Å². The fourth-order valence-electron chi connectivity index (χ4n) is 5.27. The van der Waals surface area contributed by atoms with Crippen molar-refractivity contribution in [1.29, 1.82) is 0 Å². The van der Waals surface area contributed by atoms with E-state index >= 15 is 0 Å². The van der Waals surface area contributed by atoms with Gasteiger partial charge in [0.25, 0.3) is 0 Å². The van der Waals surface area contributed by atoms with Crippen molar-refractivity contribution < 1.29 is 20.1 Å². The number of para-hydroxylation sites is 1. The zero-order chi connectivity index (χ0) is 29.6. The number of amides is 1. The van der Waals surface area contributed by atoms with Crippen LogP contribution in [0.15, 0.2) is 84.9 Å². The molecule has 0 aliphatic carbocycles. The highest BCUT2D eigenvalue weighted by atomic mass is 32.1. The summed E-state index contributed by atoms with van der Waals surface area (Å²) in [6.45, 7) is 3.91. The molecule has 216 valence electrons. The van der Waals surface area contributed by atoms with Gasteiger partial charge in [-0.05, 0) is 96.7 Å². The van der Waals surface area contributed by atoms with E-state index in [0.29, 0.717) is 24.6 Å². The summed E-state index contributed by atoms with van der Waals surface area (Å²) in [6, 6.07) is 26.3. The average molecular weight is 583 g/mol. The van der Waals surface area contributed by atoms with Gasteiger partial charge in [-0.25, -0.2) is 0 Å². The summed E-state index contributed by atoms with van der Waals surface area (Å²) in [4.78, 5) is 14.3. The lowest BCUT2D eigenvalue weighted by Crippen LogP contribution is -2.38. The molecule has 2 aliphatic rings. The number of phenolic OH excluding ortho intramolecular Hbond substituents is 3. The molecule has 4 aromatic carbocycles. The third kappa shape index (κ3) is 6.99. The summed E-state index contributed by atoms with van der Waals surface area (Å²) in [5, 5.41) is 38.3. The summed E-state index contributed by atoms with van der Waals surface area (Å²) >= 11 is 5.22. The quantitative estimate of drug-likeness (QED) is 0.143. The number of nitrogens with zero attached hydrogens (tertiary/aromatic N) is 1. The van der Waals surface area contributed by atoms with E-state index in [1.807, 2.05) is 61.5 Å². The Morgan fingerprint density at radius 2 is 1.74 bits per heavy atom. The Kier molecular flexibility index (Phi) is 8.90. The number of phenols is 3. The van der Waals surface area contributed by atoms with Gasteiger partial charge < -0.3 is 31.3 Å². The van der Waals surface area contributed by atoms with Crippen molar-refractivity contribution in [2.24, 2.45) is 0 Å². The van der Waals surface area contributed by atoms with E-state index in [-0.39, 0.29) is 29.2 Å². The molecule has 0 bridgehead atoms. The first-order valence-electron chi connectivity index (χ1n) is 13.8. The molecule has 0 saturated heterocycles. The zero-order valence-corrected chi connectivity index (χ0v) is 24.1. The number of thiocarbonyl (C=S) groups is 1. The minimum absolute atomic E-state index is 0.0218. The highest BCUT2D eigenvalue weighted by Gasteiger charge is 2.34. The number of nitrogens with one attached hydrogen (secondary N) is 3. The van der Waals surface area contributed by atoms with Crippen LogP contribution >= 0.6 is 12.2 Å². The fraction of sp³-hybridized carbons (Fsp3) is 0.212. The summed E-state index contributed by atoms with van der Waals surface area (Å²) < 4.78 is 0. The number of hydrogen-bond acceptors (Lipinski definition) is 6. The minimum Gasteiger partial charge on any atom is -0.508 e. The number of benzene rings is 4. The minimum atomic E-state index is -0.108. The number of aromatic hydroxyl groups is 3. The number of carbonyl (C=O) groups is 1. The number of anilines is 2. The van der Waals surface area contributed by atoms with Crippen LogP contribution in [0.25, 0.3) is 0 Å². The van der Waals surface area contributed by atoms with Gasteiger partial charge in [0.1, 0.15) is 5.75 Å². The summed E-state index contributed by atoms with van der Waals surface area (Å²) in [5.41, 5.74) is 7.38. The molecule has 2 aliphatic heterocycles. The van der Waals surface area contributed by atoms with E-state index in [4.69, 9.17) is 12.2 Å². The van der Waals surface area contributed by atoms with Gasteiger partial charge in [-0.1, -0.05) is 48.0 Å². The standard InChI is InChI=1S/C17H16N2O2.C16H18N2O2S/c20-12-6-5-11-7-8-19-10-16(21)18-15-4-2-1-3-13(15)17(19)14(11)9-12;1-11-2-5-13(6-3-11)18-16(21)17-9-8-12-4-7-14(19)15(20)10-12/h1-6,9,17,20H,7-8,10H2,(H,18,21);2-7,10,19-20H,8-9H2,1H3,(H2,17,18,21). The summed E-state index contributed by atoms with van der Waals surface area (Å²) in [6.07, 6.45) is 1.60. The van der Waals surface area contributed by atoms with Crippen LogP contribution in [0.5, 0.6) is 17.2 Å². The molecular weight excluding hydrogens is 548 g/mol. The molecule has 6 N–H and O–H groups in total. The van der Waals surface area contributed by atoms with Crippen molar-refractivity contribution >= 4 is 34.6 Å². The Bertz CT molecular complexity index is 1590. The van der Waals surface area contributed by atoms with Crippen LogP contribution in [0.3, 0.4) is 0 Å². The second-order valence-corrected chi connectivity index (χ2v) is 10.9. The molecule has 9 heteroatoms. The number of rotatable bonds is 4. The van der Waals surface area contributed by atoms with Crippen LogP contribution in [-0.4, -0.2) is 50.9 Å². The lowest BCUT2D eigenvalue weighted by molar-refractivity contribution is -0.117. The maximum Gasteiger partial charge on any atom is 0.238 e. The maximum atomic E-state index is 12.1. The molecular formula is C33H34N4O4S. The van der Waals surface area contributed by atoms with Crippen molar-refractivity contribution in [2.45, 2.75) is 25.8 Å². The highest BCUT2D eigenvalue weighted by Crippen LogP contribution is 2.40. The van der Waals surface area contributed by atoms with Gasteiger partial charge in [-0.2, -0.15) is 0 Å². The molecule has 1 atom stereocenters. The van der Waals surface area contributed by atoms with Crippen molar-refractivity contribution in [3.05, 3.63) is 113 Å². The van der Waals surface area contributed by atoms with Crippen molar-refractivity contribution in [2.75, 3.05) is 30.3 Å². The van der Waals surface area contributed by atoms with Crippen molar-refractivity contribution in [3.8, 4) is 17.2 Å². The Labute approximate surface area is 250 Å². The molecule has 4 aromatic rings. The zero-order valence-electron chi connectivity index (χ0n) is 23.3. The smallest absolute Gasteiger partial charge is 0.238 e. The van der Waals surface area contributed by atoms with Crippen molar-refractivity contribution in [3.63, 3.8) is 0 Å². The number of aryl methyl sites for hydroxylation is 1. The molecule has 0 radical (unpaired) electrons. The SMILES string of the molecule is Cc1ccc(NC(=S)NCCc2ccc(O)c(O)c2)cc1.O=C1CN2CCc3ccc(O)cc3C2c2ccccc2N1. The summed E-state index contributed by atoms with van der Waals surface area (Å²) in [7, 11) is 0. The molecule has 6 rings (SSSR count). The maximum absolute atomic E-state index is 12.1. The van der Waals surface area contributed by atoms with Gasteiger partial charge >= 0.3 is 0 Å². The first-order valence-corrected chi connectivity index (χ1v) is 14.2. The monoisotopic (exact) mass is 582 g/mol. The highest BCUT2D eigenvalue weighted by molar-refractivity contribution is 7.80. The van der Waals surface area contributed by atoms with E-state index in [9.17, 15) is 20.1 Å². The third-order valence-corrected chi connectivity index (χ3v) is 7.63. The largest absolute Gasteiger partial charge is 0.508 e. The van der Waals surface area contributed by atoms with Crippen LogP contribution in [-0.2, 0) is 17.6 Å². The van der Waals surface area contributed by atoms with Gasteiger partial charge in [-0.15, -0.1) is 0 Å². The van der Waals surface area contributed by atoms with Gasteiger partial charge in [0.05, 0.1) is 12.6 Å². The van der Waals surface area contributed by atoms with Gasteiger partial charge in [-0.3, -0.25) is 9.69 Å². The topological polar surface area (TPSA) is 117 Å². The predicted octanol–water partition coefficient (Wildman–Crippen LogP) is 5.23. The predicted molar refractivity (Wildman–Crippen MR) is 169 cm³/mol. The van der Waals surface area contributed by atoms with E-state index in [2.05, 4.69) is 26.9 Å². The molecule has 0 saturated carbocycles. The van der Waals surface area contributed by atoms with Gasteiger partial charge in [0.15, 0.2) is 16.6 Å². The molecule has 1 unspecified atom stereocenters. The van der Waals surface area contributed by atoms with Gasteiger partial charge in [0, 0.05) is 24.5 Å². The molecule has 0 fully saturated rings. The molecule has 2 heterocycles. The van der Waals surface area contributed by atoms with Crippen LogP contribution in [0.4, 0.5) is 11.4 Å². The second-order valence-electron chi connectivity index (χ2n) is 10.5. The first kappa shape index (κ1) is 28.9. The molecule has 8 nitrogen and oxygen atoms in total. The fourth-order valence-corrected chi connectivity index (χ4v) is 5.49. The number of fused-ring (bicyclic) bond motifs is 5. The molecule has 1 amide bonds. The lowest BCUT2D eigenvalue weighted by atomic mass is 9.87.